The molecule has 4 nitrogen and oxygen atoms in total. The molecule has 100 valence electrons. The van der Waals surface area contributed by atoms with E-state index in [1.165, 1.54) is 0 Å². The van der Waals surface area contributed by atoms with E-state index in [0.29, 0.717) is 17.7 Å². The van der Waals surface area contributed by atoms with Gasteiger partial charge in [0.2, 0.25) is 0 Å². The predicted molar refractivity (Wildman–Crippen MR) is 72.6 cm³/mol. The Bertz CT molecular complexity index is 551. The fourth-order valence-electron chi connectivity index (χ4n) is 2.02. The van der Waals surface area contributed by atoms with Crippen molar-refractivity contribution in [2.75, 3.05) is 6.61 Å². The van der Waals surface area contributed by atoms with Gasteiger partial charge in [-0.3, -0.25) is 0 Å². The second-order valence-corrected chi connectivity index (χ2v) is 5.79. The van der Waals surface area contributed by atoms with Crippen LogP contribution in [0.1, 0.15) is 30.5 Å². The van der Waals surface area contributed by atoms with E-state index in [1.54, 1.807) is 27.7 Å². The normalized spacial score (nSPS) is 12.6. The number of hydrogen-bond acceptors (Lipinski definition) is 3. The number of aryl methyl sites for hydroxylation is 3. The molecule has 0 N–H and O–H groups in total. The van der Waals surface area contributed by atoms with Crippen LogP contribution in [-0.2, 0) is 14.8 Å². The topological polar surface area (TPSA) is 55.7 Å². The molecule has 1 rings (SSSR count). The minimum absolute atomic E-state index is 0.164. The van der Waals surface area contributed by atoms with Crippen molar-refractivity contribution in [2.45, 2.75) is 39.5 Å². The van der Waals surface area contributed by atoms with Gasteiger partial charge in [0, 0.05) is 6.92 Å². The first-order chi connectivity index (χ1) is 8.27. The fourth-order valence-corrected chi connectivity index (χ4v) is 3.44. The lowest BCUT2D eigenvalue weighted by atomic mass is 10.1. The van der Waals surface area contributed by atoms with E-state index >= 15 is 0 Å². The van der Waals surface area contributed by atoms with Gasteiger partial charge in [0.1, 0.15) is 0 Å². The van der Waals surface area contributed by atoms with Crippen LogP contribution in [0, 0.1) is 20.8 Å². The molecular weight excluding hydrogens is 250 g/mol. The SMILES string of the molecule is CCO/C(C)=N/S(=O)(=O)c1c(C)cc(C)cc1C. The molecular formula is C13H19NO3S. The number of sulfonamides is 1. The van der Waals surface area contributed by atoms with Crippen LogP contribution in [0.3, 0.4) is 0 Å². The molecule has 0 amide bonds. The molecule has 1 aromatic rings. The van der Waals surface area contributed by atoms with Gasteiger partial charge < -0.3 is 4.74 Å². The largest absolute Gasteiger partial charge is 0.481 e. The van der Waals surface area contributed by atoms with E-state index in [0.717, 1.165) is 5.56 Å². The minimum Gasteiger partial charge on any atom is -0.481 e. The first-order valence-corrected chi connectivity index (χ1v) is 7.24. The second-order valence-electron chi connectivity index (χ2n) is 4.25. The lowest BCUT2D eigenvalue weighted by molar-refractivity contribution is 0.325. The van der Waals surface area contributed by atoms with Gasteiger partial charge in [-0.1, -0.05) is 17.7 Å². The maximum absolute atomic E-state index is 12.2. The van der Waals surface area contributed by atoms with E-state index in [4.69, 9.17) is 4.74 Å². The molecule has 0 atom stereocenters. The zero-order valence-electron chi connectivity index (χ0n) is 11.4. The van der Waals surface area contributed by atoms with Crippen molar-refractivity contribution in [3.05, 3.63) is 28.8 Å². The predicted octanol–water partition coefficient (Wildman–Crippen LogP) is 2.76. The van der Waals surface area contributed by atoms with Gasteiger partial charge in [-0.05, 0) is 38.8 Å². The molecule has 0 radical (unpaired) electrons. The van der Waals surface area contributed by atoms with Gasteiger partial charge in [-0.15, -0.1) is 4.40 Å². The van der Waals surface area contributed by atoms with Gasteiger partial charge in [0.15, 0.2) is 5.90 Å². The number of benzene rings is 1. The molecule has 0 aliphatic heterocycles. The molecule has 0 aliphatic rings. The number of rotatable bonds is 3. The number of nitrogens with zero attached hydrogens (tertiary/aromatic N) is 1. The van der Waals surface area contributed by atoms with Crippen molar-refractivity contribution < 1.29 is 13.2 Å². The highest BCUT2D eigenvalue weighted by Gasteiger charge is 2.19. The molecule has 1 aromatic carbocycles. The Labute approximate surface area is 109 Å². The summed E-state index contributed by atoms with van der Waals surface area (Å²) < 4.78 is 33.2. The first kappa shape index (κ1) is 14.7. The zero-order valence-corrected chi connectivity index (χ0v) is 12.3. The maximum atomic E-state index is 12.2. The summed E-state index contributed by atoms with van der Waals surface area (Å²) in [5.41, 5.74) is 2.45. The van der Waals surface area contributed by atoms with Crippen LogP contribution in [0.5, 0.6) is 0 Å². The van der Waals surface area contributed by atoms with Crippen LogP contribution < -0.4 is 0 Å². The van der Waals surface area contributed by atoms with E-state index in [9.17, 15) is 8.42 Å². The summed E-state index contributed by atoms with van der Waals surface area (Å²) >= 11 is 0. The minimum atomic E-state index is -3.70. The van der Waals surface area contributed by atoms with Crippen molar-refractivity contribution in [2.24, 2.45) is 4.40 Å². The molecule has 0 saturated heterocycles. The molecule has 0 bridgehead atoms. The summed E-state index contributed by atoms with van der Waals surface area (Å²) in [4.78, 5) is 0.271. The first-order valence-electron chi connectivity index (χ1n) is 5.80. The molecule has 0 spiro atoms. The molecule has 0 aliphatic carbocycles. The van der Waals surface area contributed by atoms with Crippen LogP contribution >= 0.6 is 0 Å². The standard InChI is InChI=1S/C13H19NO3S/c1-6-17-12(5)14-18(15,16)13-10(3)7-9(2)8-11(13)4/h7-8H,6H2,1-5H3/b14-12+. The Balaban J connectivity index is 3.34. The van der Waals surface area contributed by atoms with E-state index < -0.39 is 10.0 Å². The van der Waals surface area contributed by atoms with E-state index in [-0.39, 0.29) is 10.8 Å². The third-order valence-electron chi connectivity index (χ3n) is 2.46. The summed E-state index contributed by atoms with van der Waals surface area (Å²) in [6, 6.07) is 3.68. The van der Waals surface area contributed by atoms with Crippen LogP contribution in [0.4, 0.5) is 0 Å². The molecule has 0 saturated carbocycles. The number of ether oxygens (including phenoxy) is 1. The highest BCUT2D eigenvalue weighted by atomic mass is 32.2. The van der Waals surface area contributed by atoms with Crippen molar-refractivity contribution in [3.8, 4) is 0 Å². The van der Waals surface area contributed by atoms with Gasteiger partial charge in [0.05, 0.1) is 11.5 Å². The Morgan fingerprint density at radius 3 is 2.17 bits per heavy atom. The third kappa shape index (κ3) is 3.32. The van der Waals surface area contributed by atoms with Crippen molar-refractivity contribution in [3.63, 3.8) is 0 Å². The van der Waals surface area contributed by atoms with Crippen LogP contribution in [0.25, 0.3) is 0 Å². The summed E-state index contributed by atoms with van der Waals surface area (Å²) in [7, 11) is -3.70. The highest BCUT2D eigenvalue weighted by molar-refractivity contribution is 7.90. The summed E-state index contributed by atoms with van der Waals surface area (Å²) in [6.45, 7) is 9.21. The smallest absolute Gasteiger partial charge is 0.285 e. The van der Waals surface area contributed by atoms with Gasteiger partial charge >= 0.3 is 0 Å². The quantitative estimate of drug-likeness (QED) is 0.626. The second kappa shape index (κ2) is 5.52. The van der Waals surface area contributed by atoms with Gasteiger partial charge in [0.25, 0.3) is 10.0 Å². The zero-order chi connectivity index (χ0) is 13.9. The Morgan fingerprint density at radius 1 is 1.22 bits per heavy atom. The monoisotopic (exact) mass is 269 g/mol. The Hall–Kier alpha value is -1.36. The molecule has 0 aromatic heterocycles. The lowest BCUT2D eigenvalue weighted by Crippen LogP contribution is -2.08. The number of hydrogen-bond donors (Lipinski definition) is 0. The summed E-state index contributed by atoms with van der Waals surface area (Å²) in [5, 5.41) is 0. The average Bonchev–Trinajstić information content (AvgIpc) is 2.13. The molecule has 0 fully saturated rings. The van der Waals surface area contributed by atoms with Crippen LogP contribution in [0.15, 0.2) is 21.4 Å². The molecule has 0 unspecified atom stereocenters. The lowest BCUT2D eigenvalue weighted by Gasteiger charge is -2.10. The molecule has 18 heavy (non-hydrogen) atoms. The van der Waals surface area contributed by atoms with Crippen molar-refractivity contribution in [1.29, 1.82) is 0 Å². The van der Waals surface area contributed by atoms with Crippen LogP contribution in [0.2, 0.25) is 0 Å². The Kier molecular flexibility index (Phi) is 4.51. The maximum Gasteiger partial charge on any atom is 0.285 e. The third-order valence-corrected chi connectivity index (χ3v) is 4.12. The average molecular weight is 269 g/mol. The van der Waals surface area contributed by atoms with Crippen molar-refractivity contribution >= 4 is 15.9 Å². The molecule has 5 heteroatoms. The van der Waals surface area contributed by atoms with E-state index in [2.05, 4.69) is 4.40 Å². The molecule has 0 heterocycles. The van der Waals surface area contributed by atoms with E-state index in [1.807, 2.05) is 19.1 Å². The summed E-state index contributed by atoms with van der Waals surface area (Å²) in [6.07, 6.45) is 0. The highest BCUT2D eigenvalue weighted by Crippen LogP contribution is 2.23. The van der Waals surface area contributed by atoms with Crippen molar-refractivity contribution in [1.82, 2.24) is 0 Å². The van der Waals surface area contributed by atoms with Gasteiger partial charge in [-0.2, -0.15) is 8.42 Å². The Morgan fingerprint density at radius 2 is 1.72 bits per heavy atom. The van der Waals surface area contributed by atoms with Gasteiger partial charge in [-0.25, -0.2) is 0 Å². The van der Waals surface area contributed by atoms with Crippen LogP contribution in [-0.4, -0.2) is 20.9 Å². The fraction of sp³-hybridized carbons (Fsp3) is 0.462. The summed E-state index contributed by atoms with van der Waals surface area (Å²) in [5.74, 6) is 0.164.